The summed E-state index contributed by atoms with van der Waals surface area (Å²) in [6, 6.07) is 5.33. The van der Waals surface area contributed by atoms with E-state index in [9.17, 15) is 9.18 Å². The quantitative estimate of drug-likeness (QED) is 0.832. The van der Waals surface area contributed by atoms with Gasteiger partial charge in [0.2, 0.25) is 5.91 Å². The Labute approximate surface area is 99.2 Å². The first-order valence-corrected chi connectivity index (χ1v) is 5.21. The lowest BCUT2D eigenvalue weighted by Crippen LogP contribution is -2.39. The summed E-state index contributed by atoms with van der Waals surface area (Å²) in [5, 5.41) is 11.6. The molecule has 0 bridgehead atoms. The van der Waals surface area contributed by atoms with Gasteiger partial charge >= 0.3 is 0 Å². The van der Waals surface area contributed by atoms with Crippen LogP contribution in [0.5, 0.6) is 0 Å². The zero-order valence-electron chi connectivity index (χ0n) is 9.70. The summed E-state index contributed by atoms with van der Waals surface area (Å²) in [7, 11) is 0. The van der Waals surface area contributed by atoms with Crippen LogP contribution in [0.3, 0.4) is 0 Å². The van der Waals surface area contributed by atoms with Gasteiger partial charge in [0.1, 0.15) is 23.5 Å². The number of nitrogens with one attached hydrogen (secondary N) is 1. The molecule has 1 amide bonds. The zero-order chi connectivity index (χ0) is 13.0. The molecule has 0 saturated heterocycles. The van der Waals surface area contributed by atoms with Crippen molar-refractivity contribution >= 4 is 11.6 Å². The lowest BCUT2D eigenvalue weighted by atomic mass is 10.0. The molecule has 0 radical (unpaired) electrons. The molecule has 0 aliphatic heterocycles. The highest BCUT2D eigenvalue weighted by atomic mass is 19.1. The maximum absolute atomic E-state index is 13.3. The summed E-state index contributed by atoms with van der Waals surface area (Å²) in [6.45, 7) is 3.63. The zero-order valence-corrected chi connectivity index (χ0v) is 9.70. The number of carbonyl (C=O) groups is 1. The van der Waals surface area contributed by atoms with Gasteiger partial charge in [0.25, 0.3) is 0 Å². The largest absolute Gasteiger partial charge is 0.372 e. The van der Waals surface area contributed by atoms with Gasteiger partial charge in [-0.15, -0.1) is 0 Å². The molecule has 0 aromatic heterocycles. The minimum absolute atomic E-state index is 0.0534. The van der Waals surface area contributed by atoms with Crippen molar-refractivity contribution < 1.29 is 9.18 Å². The van der Waals surface area contributed by atoms with Crippen molar-refractivity contribution in [2.45, 2.75) is 19.9 Å². The molecule has 0 saturated carbocycles. The van der Waals surface area contributed by atoms with Crippen LogP contribution in [0.1, 0.15) is 19.4 Å². The van der Waals surface area contributed by atoms with Crippen LogP contribution in [0.2, 0.25) is 0 Å². The third-order valence-corrected chi connectivity index (χ3v) is 2.41. The van der Waals surface area contributed by atoms with Crippen molar-refractivity contribution in [3.05, 3.63) is 29.6 Å². The Morgan fingerprint density at radius 2 is 2.18 bits per heavy atom. The standard InChI is InChI=1S/C12H14FN3O/c1-7(2)11(12(15)17)16-10-5-3-4-9(13)8(10)6-14/h3-5,7,11,16H,1-2H3,(H2,15,17). The van der Waals surface area contributed by atoms with E-state index in [1.807, 2.05) is 13.8 Å². The number of hydrogen-bond acceptors (Lipinski definition) is 3. The summed E-state index contributed by atoms with van der Waals surface area (Å²) in [4.78, 5) is 11.2. The summed E-state index contributed by atoms with van der Waals surface area (Å²) in [5.41, 5.74) is 5.41. The number of nitriles is 1. The average molecular weight is 235 g/mol. The van der Waals surface area contributed by atoms with Crippen molar-refractivity contribution in [2.75, 3.05) is 5.32 Å². The van der Waals surface area contributed by atoms with Gasteiger partial charge in [0.15, 0.2) is 0 Å². The first kappa shape index (κ1) is 13.0. The van der Waals surface area contributed by atoms with Crippen molar-refractivity contribution in [1.29, 1.82) is 5.26 Å². The number of primary amides is 1. The van der Waals surface area contributed by atoms with E-state index in [4.69, 9.17) is 11.0 Å². The molecule has 1 aromatic carbocycles. The fourth-order valence-electron chi connectivity index (χ4n) is 1.49. The van der Waals surface area contributed by atoms with Gasteiger partial charge in [-0.25, -0.2) is 4.39 Å². The first-order chi connectivity index (χ1) is 7.97. The average Bonchev–Trinajstić information content (AvgIpc) is 2.25. The Bertz CT molecular complexity index is 465. The molecule has 1 unspecified atom stereocenters. The number of nitrogens with two attached hydrogens (primary N) is 1. The third-order valence-electron chi connectivity index (χ3n) is 2.41. The van der Waals surface area contributed by atoms with Crippen LogP contribution >= 0.6 is 0 Å². The highest BCUT2D eigenvalue weighted by Gasteiger charge is 2.21. The number of carbonyl (C=O) groups excluding carboxylic acids is 1. The number of amides is 1. The van der Waals surface area contributed by atoms with E-state index >= 15 is 0 Å². The molecule has 4 nitrogen and oxygen atoms in total. The van der Waals surface area contributed by atoms with E-state index in [0.717, 1.165) is 0 Å². The molecule has 90 valence electrons. The SMILES string of the molecule is CC(C)C(Nc1cccc(F)c1C#N)C(N)=O. The topological polar surface area (TPSA) is 78.9 Å². The molecule has 17 heavy (non-hydrogen) atoms. The van der Waals surface area contributed by atoms with Gasteiger partial charge in [0, 0.05) is 0 Å². The number of hydrogen-bond donors (Lipinski definition) is 2. The molecule has 0 spiro atoms. The van der Waals surface area contributed by atoms with E-state index in [1.54, 1.807) is 12.1 Å². The van der Waals surface area contributed by atoms with E-state index in [2.05, 4.69) is 5.32 Å². The van der Waals surface area contributed by atoms with Crippen molar-refractivity contribution in [3.63, 3.8) is 0 Å². The monoisotopic (exact) mass is 235 g/mol. The highest BCUT2D eigenvalue weighted by Crippen LogP contribution is 2.20. The lowest BCUT2D eigenvalue weighted by molar-refractivity contribution is -0.119. The molecule has 0 heterocycles. The number of nitrogens with zero attached hydrogens (tertiary/aromatic N) is 1. The molecular weight excluding hydrogens is 221 g/mol. The van der Waals surface area contributed by atoms with Crippen LogP contribution < -0.4 is 11.1 Å². The Balaban J connectivity index is 3.06. The number of rotatable bonds is 4. The van der Waals surface area contributed by atoms with Gasteiger partial charge in [-0.2, -0.15) is 5.26 Å². The van der Waals surface area contributed by atoms with E-state index in [-0.39, 0.29) is 17.2 Å². The van der Waals surface area contributed by atoms with Crippen LogP contribution in [-0.4, -0.2) is 11.9 Å². The molecule has 0 aliphatic rings. The summed E-state index contributed by atoms with van der Waals surface area (Å²) in [5.74, 6) is -1.21. The Morgan fingerprint density at radius 3 is 2.65 bits per heavy atom. The molecule has 3 N–H and O–H groups in total. The second-order valence-electron chi connectivity index (χ2n) is 4.04. The molecule has 1 rings (SSSR count). The van der Waals surface area contributed by atoms with Crippen molar-refractivity contribution in [2.24, 2.45) is 11.7 Å². The number of anilines is 1. The summed E-state index contributed by atoms with van der Waals surface area (Å²) in [6.07, 6.45) is 0. The minimum atomic E-state index is -0.635. The van der Waals surface area contributed by atoms with Crippen molar-refractivity contribution in [3.8, 4) is 6.07 Å². The Kier molecular flexibility index (Phi) is 4.05. The molecule has 5 heteroatoms. The predicted octanol–water partition coefficient (Wildman–Crippen LogP) is 1.62. The highest BCUT2D eigenvalue weighted by molar-refractivity contribution is 5.83. The van der Waals surface area contributed by atoms with E-state index < -0.39 is 17.8 Å². The summed E-state index contributed by atoms with van der Waals surface area (Å²) >= 11 is 0. The van der Waals surface area contributed by atoms with Crippen LogP contribution in [0, 0.1) is 23.1 Å². The van der Waals surface area contributed by atoms with Gasteiger partial charge in [-0.05, 0) is 18.1 Å². The Hall–Kier alpha value is -2.09. The van der Waals surface area contributed by atoms with Gasteiger partial charge < -0.3 is 11.1 Å². The fraction of sp³-hybridized carbons (Fsp3) is 0.333. The van der Waals surface area contributed by atoms with Crippen LogP contribution in [-0.2, 0) is 4.79 Å². The summed E-state index contributed by atoms with van der Waals surface area (Å²) < 4.78 is 13.3. The first-order valence-electron chi connectivity index (χ1n) is 5.21. The van der Waals surface area contributed by atoms with Crippen LogP contribution in [0.4, 0.5) is 10.1 Å². The van der Waals surface area contributed by atoms with Gasteiger partial charge in [-0.3, -0.25) is 4.79 Å². The predicted molar refractivity (Wildman–Crippen MR) is 62.6 cm³/mol. The molecule has 1 atom stereocenters. The van der Waals surface area contributed by atoms with E-state index in [1.165, 1.54) is 12.1 Å². The van der Waals surface area contributed by atoms with Crippen LogP contribution in [0.25, 0.3) is 0 Å². The molecule has 1 aromatic rings. The van der Waals surface area contributed by atoms with Crippen LogP contribution in [0.15, 0.2) is 18.2 Å². The second-order valence-corrected chi connectivity index (χ2v) is 4.04. The maximum Gasteiger partial charge on any atom is 0.240 e. The maximum atomic E-state index is 13.3. The van der Waals surface area contributed by atoms with E-state index in [0.29, 0.717) is 0 Å². The van der Waals surface area contributed by atoms with Crippen molar-refractivity contribution in [1.82, 2.24) is 0 Å². The smallest absolute Gasteiger partial charge is 0.240 e. The molecular formula is C12H14FN3O. The molecule has 0 fully saturated rings. The number of benzene rings is 1. The van der Waals surface area contributed by atoms with Gasteiger partial charge in [-0.1, -0.05) is 19.9 Å². The van der Waals surface area contributed by atoms with Gasteiger partial charge in [0.05, 0.1) is 5.69 Å². The fourth-order valence-corrected chi connectivity index (χ4v) is 1.49. The number of halogens is 1. The molecule has 0 aliphatic carbocycles. The second kappa shape index (κ2) is 5.30. The minimum Gasteiger partial charge on any atom is -0.372 e. The lowest BCUT2D eigenvalue weighted by Gasteiger charge is -2.20. The third kappa shape index (κ3) is 2.94. The normalized spacial score (nSPS) is 11.9. The Morgan fingerprint density at radius 1 is 1.53 bits per heavy atom.